The number of halogens is 2. The second-order valence-corrected chi connectivity index (χ2v) is 8.72. The van der Waals surface area contributed by atoms with Gasteiger partial charge in [-0.1, -0.05) is 30.3 Å². The Balaban J connectivity index is 1.74. The van der Waals surface area contributed by atoms with Gasteiger partial charge in [0.25, 0.3) is 0 Å². The van der Waals surface area contributed by atoms with E-state index in [0.717, 1.165) is 11.6 Å². The maximum absolute atomic E-state index is 13.8. The van der Waals surface area contributed by atoms with E-state index in [9.17, 15) is 22.0 Å². The molecular weight excluding hydrogens is 376 g/mol. The number of hydrogen-bond acceptors (Lipinski definition) is 4. The average Bonchev–Trinajstić information content (AvgIpc) is 2.65. The third-order valence-corrected chi connectivity index (χ3v) is 6.58. The van der Waals surface area contributed by atoms with Crippen LogP contribution in [0.3, 0.4) is 0 Å². The SMILES string of the molecule is CC(C(=O)NC1CCOc2ccccc21)S(=O)(=O)Cc1cccc(F)c1F. The van der Waals surface area contributed by atoms with Crippen molar-refractivity contribution < 1.29 is 26.7 Å². The molecular formula is C19H19F2NO4S. The van der Waals surface area contributed by atoms with Crippen LogP contribution >= 0.6 is 0 Å². The molecule has 0 radical (unpaired) electrons. The summed E-state index contributed by atoms with van der Waals surface area (Å²) >= 11 is 0. The standard InChI is InChI=1S/C19H19F2NO4S/c1-12(27(24,25)11-13-5-4-7-15(20)18(13)21)19(23)22-16-9-10-26-17-8-3-2-6-14(16)17/h2-8,12,16H,9-11H2,1H3,(H,22,23). The highest BCUT2D eigenvalue weighted by atomic mass is 32.2. The number of amides is 1. The van der Waals surface area contributed by atoms with Crippen molar-refractivity contribution in [2.24, 2.45) is 0 Å². The molecule has 0 saturated carbocycles. The minimum absolute atomic E-state index is 0.300. The van der Waals surface area contributed by atoms with Gasteiger partial charge in [-0.05, 0) is 19.1 Å². The summed E-state index contributed by atoms with van der Waals surface area (Å²) in [5.74, 6) is -3.14. The predicted molar refractivity (Wildman–Crippen MR) is 95.9 cm³/mol. The van der Waals surface area contributed by atoms with Crippen LogP contribution in [0.25, 0.3) is 0 Å². The zero-order valence-corrected chi connectivity index (χ0v) is 15.4. The Bertz CT molecular complexity index is 962. The molecule has 1 N–H and O–H groups in total. The molecule has 1 amide bonds. The molecule has 0 fully saturated rings. The third-order valence-electron chi connectivity index (χ3n) is 4.57. The minimum atomic E-state index is -4.03. The van der Waals surface area contributed by atoms with Crippen molar-refractivity contribution in [2.45, 2.75) is 30.4 Å². The Hall–Kier alpha value is -2.48. The van der Waals surface area contributed by atoms with Gasteiger partial charge < -0.3 is 10.1 Å². The van der Waals surface area contributed by atoms with E-state index in [2.05, 4.69) is 5.32 Å². The molecule has 0 aromatic heterocycles. The van der Waals surface area contributed by atoms with Crippen molar-refractivity contribution in [3.8, 4) is 5.75 Å². The van der Waals surface area contributed by atoms with Gasteiger partial charge in [0.15, 0.2) is 21.5 Å². The van der Waals surface area contributed by atoms with Gasteiger partial charge in [0, 0.05) is 17.5 Å². The molecule has 2 unspecified atom stereocenters. The molecule has 0 bridgehead atoms. The Morgan fingerprint density at radius 3 is 2.74 bits per heavy atom. The van der Waals surface area contributed by atoms with Gasteiger partial charge in [-0.25, -0.2) is 17.2 Å². The van der Waals surface area contributed by atoms with E-state index >= 15 is 0 Å². The molecule has 27 heavy (non-hydrogen) atoms. The summed E-state index contributed by atoms with van der Waals surface area (Å²) in [6, 6.07) is 10.2. The van der Waals surface area contributed by atoms with Crippen LogP contribution in [-0.4, -0.2) is 26.2 Å². The number of rotatable bonds is 5. The Morgan fingerprint density at radius 2 is 1.96 bits per heavy atom. The lowest BCUT2D eigenvalue weighted by Gasteiger charge is -2.27. The predicted octanol–water partition coefficient (Wildman–Crippen LogP) is 2.91. The fourth-order valence-corrected chi connectivity index (χ4v) is 4.25. The Labute approximate surface area is 156 Å². The number of fused-ring (bicyclic) bond motifs is 1. The first-order valence-corrected chi connectivity index (χ1v) is 10.2. The number of para-hydroxylation sites is 1. The number of sulfone groups is 1. The fourth-order valence-electron chi connectivity index (χ4n) is 2.95. The van der Waals surface area contributed by atoms with Gasteiger partial charge in [-0.2, -0.15) is 0 Å². The number of carbonyl (C=O) groups excluding carboxylic acids is 1. The number of carbonyl (C=O) groups is 1. The highest BCUT2D eigenvalue weighted by Gasteiger charge is 2.32. The first-order chi connectivity index (χ1) is 12.8. The summed E-state index contributed by atoms with van der Waals surface area (Å²) in [7, 11) is -4.03. The summed E-state index contributed by atoms with van der Waals surface area (Å²) in [5, 5.41) is 1.32. The van der Waals surface area contributed by atoms with E-state index in [1.165, 1.54) is 19.1 Å². The van der Waals surface area contributed by atoms with Crippen LogP contribution in [0.5, 0.6) is 5.75 Å². The summed E-state index contributed by atoms with van der Waals surface area (Å²) in [6.07, 6.45) is 0.508. The zero-order chi connectivity index (χ0) is 19.6. The van der Waals surface area contributed by atoms with Crippen molar-refractivity contribution in [3.05, 3.63) is 65.2 Å². The van der Waals surface area contributed by atoms with Gasteiger partial charge >= 0.3 is 0 Å². The summed E-state index contributed by atoms with van der Waals surface area (Å²) in [5.41, 5.74) is 0.476. The maximum atomic E-state index is 13.8. The lowest BCUT2D eigenvalue weighted by atomic mass is 10.0. The van der Waals surface area contributed by atoms with Gasteiger partial charge in [0.2, 0.25) is 5.91 Å². The zero-order valence-electron chi connectivity index (χ0n) is 14.6. The lowest BCUT2D eigenvalue weighted by Crippen LogP contribution is -2.41. The van der Waals surface area contributed by atoms with E-state index in [0.29, 0.717) is 18.8 Å². The van der Waals surface area contributed by atoms with Gasteiger partial charge in [0.1, 0.15) is 11.0 Å². The van der Waals surface area contributed by atoms with Gasteiger partial charge in [-0.15, -0.1) is 0 Å². The van der Waals surface area contributed by atoms with Crippen LogP contribution in [0.1, 0.15) is 30.5 Å². The fraction of sp³-hybridized carbons (Fsp3) is 0.316. The molecule has 2 aromatic rings. The number of benzene rings is 2. The van der Waals surface area contributed by atoms with Crippen LogP contribution in [0.4, 0.5) is 8.78 Å². The molecule has 8 heteroatoms. The van der Waals surface area contributed by atoms with E-state index in [4.69, 9.17) is 4.74 Å². The van der Waals surface area contributed by atoms with E-state index in [1.54, 1.807) is 18.2 Å². The summed E-state index contributed by atoms with van der Waals surface area (Å²) < 4.78 is 57.6. The van der Waals surface area contributed by atoms with E-state index in [-0.39, 0.29) is 11.6 Å². The van der Waals surface area contributed by atoms with Crippen LogP contribution < -0.4 is 10.1 Å². The first kappa shape index (κ1) is 19.3. The summed E-state index contributed by atoms with van der Waals surface area (Å²) in [4.78, 5) is 12.5. The normalized spacial score (nSPS) is 17.5. The van der Waals surface area contributed by atoms with Crippen molar-refractivity contribution in [1.82, 2.24) is 5.32 Å². The number of nitrogens with one attached hydrogen (secondary N) is 1. The lowest BCUT2D eigenvalue weighted by molar-refractivity contribution is -0.121. The number of hydrogen-bond donors (Lipinski definition) is 1. The molecule has 1 heterocycles. The van der Waals surface area contributed by atoms with E-state index in [1.807, 2.05) is 6.07 Å². The van der Waals surface area contributed by atoms with Crippen LogP contribution in [0.2, 0.25) is 0 Å². The maximum Gasteiger partial charge on any atom is 0.238 e. The summed E-state index contributed by atoms with van der Waals surface area (Å²) in [6.45, 7) is 1.64. The van der Waals surface area contributed by atoms with Crippen molar-refractivity contribution in [1.29, 1.82) is 0 Å². The molecule has 0 saturated heterocycles. The highest BCUT2D eigenvalue weighted by molar-refractivity contribution is 7.92. The largest absolute Gasteiger partial charge is 0.493 e. The molecule has 3 rings (SSSR count). The molecule has 1 aliphatic heterocycles. The molecule has 144 valence electrons. The second-order valence-electron chi connectivity index (χ2n) is 6.40. The van der Waals surface area contributed by atoms with Gasteiger partial charge in [0.05, 0.1) is 18.4 Å². The molecule has 2 atom stereocenters. The molecule has 5 nitrogen and oxygen atoms in total. The van der Waals surface area contributed by atoms with Crippen LogP contribution in [-0.2, 0) is 20.4 Å². The number of ether oxygens (including phenoxy) is 1. The monoisotopic (exact) mass is 395 g/mol. The molecule has 2 aromatic carbocycles. The molecule has 0 aliphatic carbocycles. The Kier molecular flexibility index (Phi) is 5.46. The minimum Gasteiger partial charge on any atom is -0.493 e. The third kappa shape index (κ3) is 4.10. The van der Waals surface area contributed by atoms with Crippen LogP contribution in [0.15, 0.2) is 42.5 Å². The van der Waals surface area contributed by atoms with Crippen molar-refractivity contribution >= 4 is 15.7 Å². The van der Waals surface area contributed by atoms with Gasteiger partial charge in [-0.3, -0.25) is 4.79 Å². The smallest absolute Gasteiger partial charge is 0.238 e. The van der Waals surface area contributed by atoms with Crippen LogP contribution in [0, 0.1) is 11.6 Å². The van der Waals surface area contributed by atoms with Crippen molar-refractivity contribution in [3.63, 3.8) is 0 Å². The topological polar surface area (TPSA) is 72.5 Å². The molecule has 0 spiro atoms. The van der Waals surface area contributed by atoms with E-state index < -0.39 is 38.4 Å². The Morgan fingerprint density at radius 1 is 1.22 bits per heavy atom. The highest BCUT2D eigenvalue weighted by Crippen LogP contribution is 2.31. The second kappa shape index (κ2) is 7.64. The molecule has 1 aliphatic rings. The first-order valence-electron chi connectivity index (χ1n) is 8.46. The average molecular weight is 395 g/mol. The van der Waals surface area contributed by atoms with Crippen molar-refractivity contribution in [2.75, 3.05) is 6.61 Å². The quantitative estimate of drug-likeness (QED) is 0.845.